The third kappa shape index (κ3) is 5.52. The predicted octanol–water partition coefficient (Wildman–Crippen LogP) is 3.00. The average Bonchev–Trinajstić information content (AvgIpc) is 2.99. The Balaban J connectivity index is 1.42. The van der Waals surface area contributed by atoms with Crippen LogP contribution in [0.2, 0.25) is 0 Å². The molecule has 1 atom stereocenters. The van der Waals surface area contributed by atoms with Crippen molar-refractivity contribution in [2.45, 2.75) is 71.9 Å². The fourth-order valence-corrected chi connectivity index (χ4v) is 5.34. The minimum atomic E-state index is 0.154. The van der Waals surface area contributed by atoms with Crippen molar-refractivity contribution >= 4 is 17.2 Å². The molecule has 3 heterocycles. The first-order chi connectivity index (χ1) is 12.9. The number of hydrogen-bond donors (Lipinski definition) is 1. The molecule has 0 unspecified atom stereocenters. The lowest BCUT2D eigenvalue weighted by atomic mass is 9.93. The third-order valence-electron chi connectivity index (χ3n) is 6.28. The van der Waals surface area contributed by atoms with E-state index in [1.54, 1.807) is 11.3 Å². The predicted molar refractivity (Wildman–Crippen MR) is 112 cm³/mol. The van der Waals surface area contributed by atoms with Gasteiger partial charge in [-0.1, -0.05) is 0 Å². The van der Waals surface area contributed by atoms with Gasteiger partial charge in [0.1, 0.15) is 0 Å². The molecule has 1 aromatic heterocycles. The van der Waals surface area contributed by atoms with Crippen LogP contribution >= 0.6 is 11.3 Å². The second-order valence-corrected chi connectivity index (χ2v) is 9.77. The molecular weight excluding hydrogens is 356 g/mol. The number of thiazole rings is 1. The molecule has 1 aromatic rings. The molecule has 2 aliphatic rings. The average molecular weight is 393 g/mol. The van der Waals surface area contributed by atoms with Crippen molar-refractivity contribution in [1.29, 1.82) is 0 Å². The maximum Gasteiger partial charge on any atom is 0.224 e. The Morgan fingerprint density at radius 3 is 2.59 bits per heavy atom. The van der Waals surface area contributed by atoms with Crippen molar-refractivity contribution in [3.63, 3.8) is 0 Å². The highest BCUT2D eigenvalue weighted by Crippen LogP contribution is 2.25. The Bertz CT molecular complexity index is 602. The van der Waals surface area contributed by atoms with Gasteiger partial charge >= 0.3 is 0 Å². The summed E-state index contributed by atoms with van der Waals surface area (Å²) >= 11 is 1.75. The Morgan fingerprint density at radius 2 is 1.96 bits per heavy atom. The summed E-state index contributed by atoms with van der Waals surface area (Å²) in [6, 6.07) is 1.31. The van der Waals surface area contributed by atoms with E-state index >= 15 is 0 Å². The van der Waals surface area contributed by atoms with Gasteiger partial charge in [0.2, 0.25) is 5.91 Å². The molecule has 2 fully saturated rings. The molecule has 0 aromatic carbocycles. The van der Waals surface area contributed by atoms with Gasteiger partial charge < -0.3 is 10.2 Å². The van der Waals surface area contributed by atoms with Gasteiger partial charge in [-0.25, -0.2) is 4.98 Å². The van der Waals surface area contributed by atoms with Crippen LogP contribution in [0, 0.1) is 19.8 Å². The summed E-state index contributed by atoms with van der Waals surface area (Å²) in [7, 11) is 0. The first-order valence-electron chi connectivity index (χ1n) is 10.6. The number of aryl methyl sites for hydroxylation is 2. The van der Waals surface area contributed by atoms with E-state index in [0.717, 1.165) is 43.1 Å². The summed E-state index contributed by atoms with van der Waals surface area (Å²) in [4.78, 5) is 23.7. The monoisotopic (exact) mass is 392 g/mol. The Hall–Kier alpha value is -0.980. The van der Waals surface area contributed by atoms with Gasteiger partial charge in [0.25, 0.3) is 0 Å². The van der Waals surface area contributed by atoms with Crippen LogP contribution < -0.4 is 5.32 Å². The van der Waals surface area contributed by atoms with E-state index in [1.165, 1.54) is 30.8 Å². The molecular formula is C21H36N4OS. The van der Waals surface area contributed by atoms with Crippen molar-refractivity contribution in [2.75, 3.05) is 32.7 Å². The van der Waals surface area contributed by atoms with Crippen LogP contribution in [0.4, 0.5) is 0 Å². The highest BCUT2D eigenvalue weighted by Gasteiger charge is 2.31. The van der Waals surface area contributed by atoms with Crippen molar-refractivity contribution in [1.82, 2.24) is 20.1 Å². The normalized spacial score (nSPS) is 23.1. The van der Waals surface area contributed by atoms with E-state index in [2.05, 4.69) is 47.8 Å². The molecule has 6 heteroatoms. The lowest BCUT2D eigenvalue weighted by Crippen LogP contribution is -2.51. The molecule has 0 bridgehead atoms. The molecule has 0 radical (unpaired) electrons. The zero-order valence-corrected chi connectivity index (χ0v) is 18.3. The van der Waals surface area contributed by atoms with Gasteiger partial charge in [-0.15, -0.1) is 11.3 Å². The maximum atomic E-state index is 12.7. The minimum absolute atomic E-state index is 0.154. The number of carbonyl (C=O) groups is 1. The molecule has 1 amide bonds. The molecule has 0 aliphatic carbocycles. The largest absolute Gasteiger partial charge is 0.355 e. The van der Waals surface area contributed by atoms with E-state index in [4.69, 9.17) is 0 Å². The van der Waals surface area contributed by atoms with E-state index < -0.39 is 0 Å². The van der Waals surface area contributed by atoms with Crippen LogP contribution in [0.25, 0.3) is 0 Å². The number of carbonyl (C=O) groups excluding carboxylic acids is 1. The standard InChI is InChI=1S/C21H36N4OS/c1-15(2)24-12-8-19(9-13-24)25-11-5-6-18(14-25)21(26)22-10-7-20-23-16(3)17(4)27-20/h15,18-19H,5-14H2,1-4H3,(H,22,26)/t18-/m0/s1. The molecule has 5 nitrogen and oxygen atoms in total. The fraction of sp³-hybridized carbons (Fsp3) is 0.810. The molecule has 3 rings (SSSR count). The van der Waals surface area contributed by atoms with Crippen molar-refractivity contribution in [3.8, 4) is 0 Å². The number of amides is 1. The van der Waals surface area contributed by atoms with Gasteiger partial charge in [0, 0.05) is 36.5 Å². The number of likely N-dealkylation sites (tertiary alicyclic amines) is 2. The fourth-order valence-electron chi connectivity index (χ4n) is 4.40. The summed E-state index contributed by atoms with van der Waals surface area (Å²) in [5.74, 6) is 0.394. The van der Waals surface area contributed by atoms with Crippen LogP contribution in [-0.2, 0) is 11.2 Å². The Morgan fingerprint density at radius 1 is 1.22 bits per heavy atom. The molecule has 2 saturated heterocycles. The van der Waals surface area contributed by atoms with Gasteiger partial charge in [-0.2, -0.15) is 0 Å². The Kier molecular flexibility index (Phi) is 7.29. The lowest BCUT2D eigenvalue weighted by molar-refractivity contribution is -0.127. The Labute approximate surface area is 168 Å². The van der Waals surface area contributed by atoms with Gasteiger partial charge in [-0.05, 0) is 73.0 Å². The van der Waals surface area contributed by atoms with Crippen molar-refractivity contribution in [3.05, 3.63) is 15.6 Å². The summed E-state index contributed by atoms with van der Waals surface area (Å²) in [6.45, 7) is 13.9. The van der Waals surface area contributed by atoms with Crippen LogP contribution in [0.3, 0.4) is 0 Å². The van der Waals surface area contributed by atoms with E-state index in [9.17, 15) is 4.79 Å². The van der Waals surface area contributed by atoms with Crippen LogP contribution in [-0.4, -0.2) is 65.5 Å². The second-order valence-electron chi connectivity index (χ2n) is 8.49. The van der Waals surface area contributed by atoms with Gasteiger partial charge in [0.05, 0.1) is 16.6 Å². The minimum Gasteiger partial charge on any atom is -0.355 e. The smallest absolute Gasteiger partial charge is 0.224 e. The SMILES string of the molecule is Cc1nc(CCNC(=O)[C@H]2CCCN(C3CCN(C(C)C)CC3)C2)sc1C. The lowest BCUT2D eigenvalue weighted by Gasteiger charge is -2.43. The topological polar surface area (TPSA) is 48.5 Å². The number of piperidine rings is 2. The van der Waals surface area contributed by atoms with Crippen LogP contribution in [0.5, 0.6) is 0 Å². The van der Waals surface area contributed by atoms with Crippen LogP contribution in [0.15, 0.2) is 0 Å². The highest BCUT2D eigenvalue weighted by atomic mass is 32.1. The van der Waals surface area contributed by atoms with Crippen LogP contribution in [0.1, 0.15) is 55.1 Å². The van der Waals surface area contributed by atoms with Crippen molar-refractivity contribution < 1.29 is 4.79 Å². The van der Waals surface area contributed by atoms with E-state index in [-0.39, 0.29) is 11.8 Å². The van der Waals surface area contributed by atoms with Gasteiger partial charge in [0.15, 0.2) is 0 Å². The number of nitrogens with one attached hydrogen (secondary N) is 1. The number of aromatic nitrogens is 1. The summed E-state index contributed by atoms with van der Waals surface area (Å²) in [5.41, 5.74) is 1.12. The van der Waals surface area contributed by atoms with E-state index in [1.807, 2.05) is 0 Å². The zero-order valence-electron chi connectivity index (χ0n) is 17.5. The molecule has 1 N–H and O–H groups in total. The maximum absolute atomic E-state index is 12.7. The first-order valence-corrected chi connectivity index (χ1v) is 11.4. The quantitative estimate of drug-likeness (QED) is 0.808. The summed E-state index contributed by atoms with van der Waals surface area (Å²) < 4.78 is 0. The third-order valence-corrected chi connectivity index (χ3v) is 7.41. The van der Waals surface area contributed by atoms with E-state index in [0.29, 0.717) is 18.6 Å². The second kappa shape index (κ2) is 9.48. The first kappa shape index (κ1) is 20.7. The molecule has 0 spiro atoms. The summed E-state index contributed by atoms with van der Waals surface area (Å²) in [6.07, 6.45) is 5.51. The van der Waals surface area contributed by atoms with Crippen molar-refractivity contribution in [2.24, 2.45) is 5.92 Å². The number of hydrogen-bond acceptors (Lipinski definition) is 5. The number of rotatable bonds is 6. The summed E-state index contributed by atoms with van der Waals surface area (Å²) in [5, 5.41) is 4.30. The molecule has 152 valence electrons. The highest BCUT2D eigenvalue weighted by molar-refractivity contribution is 7.11. The number of nitrogens with zero attached hydrogens (tertiary/aromatic N) is 3. The molecule has 27 heavy (non-hydrogen) atoms. The molecule has 0 saturated carbocycles. The zero-order chi connectivity index (χ0) is 19.4. The van der Waals surface area contributed by atoms with Gasteiger partial charge in [-0.3, -0.25) is 9.69 Å². The molecule has 2 aliphatic heterocycles.